The van der Waals surface area contributed by atoms with Gasteiger partial charge < -0.3 is 14.7 Å². The molecule has 0 atom stereocenters. The molecule has 24 heavy (non-hydrogen) atoms. The molecule has 0 spiro atoms. The molecule has 0 aromatic carbocycles. The number of aliphatic hydroxyl groups excluding tert-OH is 1. The van der Waals surface area contributed by atoms with Crippen LogP contribution in [0.2, 0.25) is 0 Å². The van der Waals surface area contributed by atoms with Gasteiger partial charge in [0.25, 0.3) is 5.91 Å². The van der Waals surface area contributed by atoms with Crippen LogP contribution >= 0.6 is 0 Å². The van der Waals surface area contributed by atoms with Crippen molar-refractivity contribution in [3.05, 3.63) is 17.0 Å². The van der Waals surface area contributed by atoms with E-state index in [0.29, 0.717) is 25.4 Å². The zero-order chi connectivity index (χ0) is 17.1. The Hall–Kier alpha value is -1.73. The molecule has 1 aliphatic heterocycles. The van der Waals surface area contributed by atoms with Gasteiger partial charge in [0.2, 0.25) is 5.91 Å². The van der Waals surface area contributed by atoms with E-state index in [1.54, 1.807) is 4.90 Å². The summed E-state index contributed by atoms with van der Waals surface area (Å²) in [6.07, 6.45) is 5.33. The van der Waals surface area contributed by atoms with Crippen LogP contribution in [0.25, 0.3) is 0 Å². The number of carbonyl (C=O) groups is 2. The molecule has 7 heteroatoms. The highest BCUT2D eigenvalue weighted by Gasteiger charge is 2.31. The Morgan fingerprint density at radius 2 is 1.96 bits per heavy atom. The molecule has 1 fully saturated rings. The number of carbonyl (C=O) groups excluding carboxylic acids is 2. The van der Waals surface area contributed by atoms with Gasteiger partial charge >= 0.3 is 0 Å². The maximum absolute atomic E-state index is 12.9. The van der Waals surface area contributed by atoms with Crippen molar-refractivity contribution in [2.75, 3.05) is 26.3 Å². The van der Waals surface area contributed by atoms with Crippen LogP contribution in [0, 0.1) is 0 Å². The minimum Gasteiger partial charge on any atom is -0.394 e. The normalized spacial score (nSPS) is 18.5. The van der Waals surface area contributed by atoms with Crippen molar-refractivity contribution in [2.24, 2.45) is 0 Å². The molecule has 1 amide bonds. The highest BCUT2D eigenvalue weighted by molar-refractivity contribution is 5.95. The number of amides is 1. The predicted molar refractivity (Wildman–Crippen MR) is 87.1 cm³/mol. The predicted octanol–water partition coefficient (Wildman–Crippen LogP) is 1.04. The molecule has 3 rings (SSSR count). The minimum atomic E-state index is -0.136. The van der Waals surface area contributed by atoms with E-state index in [-0.39, 0.29) is 24.5 Å². The molecule has 7 nitrogen and oxygen atoms in total. The molecule has 0 unspecified atom stereocenters. The maximum atomic E-state index is 12.9. The number of piperidine rings is 1. The van der Waals surface area contributed by atoms with Crippen LogP contribution in [0.5, 0.6) is 0 Å². The Kier molecular flexibility index (Phi) is 5.30. The van der Waals surface area contributed by atoms with Crippen molar-refractivity contribution >= 4 is 11.8 Å². The monoisotopic (exact) mass is 335 g/mol. The second-order valence-corrected chi connectivity index (χ2v) is 6.50. The third-order valence-corrected chi connectivity index (χ3v) is 4.86. The standard InChI is InChI=1S/C17H25N3O4/c1-12(22)20-15-5-3-2-4-14(15)16(18-20)17(23)19-8-6-13(7-9-19)24-11-10-21/h13,21H,2-11H2,1H3. The van der Waals surface area contributed by atoms with Crippen molar-refractivity contribution in [3.63, 3.8) is 0 Å². The Bertz CT molecular complexity index is 618. The summed E-state index contributed by atoms with van der Waals surface area (Å²) in [5, 5.41) is 13.2. The molecule has 1 aromatic rings. The van der Waals surface area contributed by atoms with Crippen molar-refractivity contribution in [2.45, 2.75) is 51.6 Å². The van der Waals surface area contributed by atoms with E-state index in [1.165, 1.54) is 11.6 Å². The smallest absolute Gasteiger partial charge is 0.274 e. The molecule has 1 aliphatic carbocycles. The van der Waals surface area contributed by atoms with Gasteiger partial charge in [0.1, 0.15) is 0 Å². The van der Waals surface area contributed by atoms with Gasteiger partial charge in [-0.05, 0) is 38.5 Å². The summed E-state index contributed by atoms with van der Waals surface area (Å²) in [7, 11) is 0. The SMILES string of the molecule is CC(=O)n1nc(C(=O)N2CCC(OCCO)CC2)c2c1CCCC2. The largest absolute Gasteiger partial charge is 0.394 e. The van der Waals surface area contributed by atoms with Crippen LogP contribution in [0.1, 0.15) is 59.1 Å². The number of rotatable bonds is 4. The fourth-order valence-corrected chi connectivity index (χ4v) is 3.63. The average molecular weight is 335 g/mol. The summed E-state index contributed by atoms with van der Waals surface area (Å²) < 4.78 is 6.96. The van der Waals surface area contributed by atoms with E-state index < -0.39 is 0 Å². The van der Waals surface area contributed by atoms with Gasteiger partial charge in [-0.15, -0.1) is 0 Å². The third kappa shape index (κ3) is 3.37. The Morgan fingerprint density at radius 1 is 1.25 bits per heavy atom. The number of hydrogen-bond donors (Lipinski definition) is 1. The number of aliphatic hydroxyl groups is 1. The number of likely N-dealkylation sites (tertiary alicyclic amines) is 1. The topological polar surface area (TPSA) is 84.7 Å². The van der Waals surface area contributed by atoms with E-state index in [4.69, 9.17) is 9.84 Å². The quantitative estimate of drug-likeness (QED) is 0.888. The molecule has 1 saturated heterocycles. The first-order chi connectivity index (χ1) is 11.6. The summed E-state index contributed by atoms with van der Waals surface area (Å²) >= 11 is 0. The Labute approximate surface area is 141 Å². The summed E-state index contributed by atoms with van der Waals surface area (Å²) in [5.41, 5.74) is 2.33. The highest BCUT2D eigenvalue weighted by atomic mass is 16.5. The fourth-order valence-electron chi connectivity index (χ4n) is 3.63. The van der Waals surface area contributed by atoms with Crippen LogP contribution in [0.3, 0.4) is 0 Å². The molecular formula is C17H25N3O4. The maximum Gasteiger partial charge on any atom is 0.274 e. The zero-order valence-corrected chi connectivity index (χ0v) is 14.2. The van der Waals surface area contributed by atoms with Crippen molar-refractivity contribution < 1.29 is 19.4 Å². The summed E-state index contributed by atoms with van der Waals surface area (Å²) in [6, 6.07) is 0. The van der Waals surface area contributed by atoms with Crippen LogP contribution in [-0.2, 0) is 17.6 Å². The second kappa shape index (κ2) is 7.44. The van der Waals surface area contributed by atoms with Crippen LogP contribution < -0.4 is 0 Å². The number of ether oxygens (including phenoxy) is 1. The number of nitrogens with zero attached hydrogens (tertiary/aromatic N) is 3. The van der Waals surface area contributed by atoms with Gasteiger partial charge in [-0.2, -0.15) is 5.10 Å². The van der Waals surface area contributed by atoms with Crippen molar-refractivity contribution in [3.8, 4) is 0 Å². The van der Waals surface area contributed by atoms with Crippen LogP contribution in [-0.4, -0.2) is 64.0 Å². The van der Waals surface area contributed by atoms with E-state index in [1.807, 2.05) is 0 Å². The van der Waals surface area contributed by atoms with E-state index in [9.17, 15) is 9.59 Å². The number of fused-ring (bicyclic) bond motifs is 1. The summed E-state index contributed by atoms with van der Waals surface area (Å²) in [5.74, 6) is -0.211. The highest BCUT2D eigenvalue weighted by Crippen LogP contribution is 2.26. The minimum absolute atomic E-state index is 0.0216. The summed E-state index contributed by atoms with van der Waals surface area (Å²) in [6.45, 7) is 3.09. The molecule has 0 radical (unpaired) electrons. The zero-order valence-electron chi connectivity index (χ0n) is 14.2. The van der Waals surface area contributed by atoms with Crippen molar-refractivity contribution in [1.82, 2.24) is 14.7 Å². The van der Waals surface area contributed by atoms with Gasteiger partial charge in [0, 0.05) is 25.6 Å². The number of aromatic nitrogens is 2. The van der Waals surface area contributed by atoms with E-state index >= 15 is 0 Å². The van der Waals surface area contributed by atoms with Crippen LogP contribution in [0.4, 0.5) is 0 Å². The third-order valence-electron chi connectivity index (χ3n) is 4.86. The average Bonchev–Trinajstić information content (AvgIpc) is 3.00. The van der Waals surface area contributed by atoms with E-state index in [2.05, 4.69) is 5.10 Å². The molecular weight excluding hydrogens is 310 g/mol. The summed E-state index contributed by atoms with van der Waals surface area (Å²) in [4.78, 5) is 26.5. The van der Waals surface area contributed by atoms with E-state index in [0.717, 1.165) is 49.8 Å². The van der Waals surface area contributed by atoms with Crippen LogP contribution in [0.15, 0.2) is 0 Å². The molecule has 0 saturated carbocycles. The van der Waals surface area contributed by atoms with Gasteiger partial charge in [0.05, 0.1) is 25.0 Å². The molecule has 132 valence electrons. The molecule has 1 aromatic heterocycles. The Balaban J connectivity index is 1.73. The molecule has 0 bridgehead atoms. The lowest BCUT2D eigenvalue weighted by atomic mass is 9.95. The first-order valence-corrected chi connectivity index (χ1v) is 8.75. The van der Waals surface area contributed by atoms with Gasteiger partial charge in [0.15, 0.2) is 5.69 Å². The molecule has 1 N–H and O–H groups in total. The lowest BCUT2D eigenvalue weighted by molar-refractivity contribution is -0.00567. The first kappa shape index (κ1) is 17.1. The van der Waals surface area contributed by atoms with Gasteiger partial charge in [-0.1, -0.05) is 0 Å². The molecule has 2 heterocycles. The second-order valence-electron chi connectivity index (χ2n) is 6.50. The Morgan fingerprint density at radius 3 is 2.62 bits per heavy atom. The number of hydrogen-bond acceptors (Lipinski definition) is 5. The van der Waals surface area contributed by atoms with Gasteiger partial charge in [-0.25, -0.2) is 4.68 Å². The van der Waals surface area contributed by atoms with Gasteiger partial charge in [-0.3, -0.25) is 9.59 Å². The lowest BCUT2D eigenvalue weighted by Gasteiger charge is -2.31. The fraction of sp³-hybridized carbons (Fsp3) is 0.706. The lowest BCUT2D eigenvalue weighted by Crippen LogP contribution is -2.41. The van der Waals surface area contributed by atoms with Crippen molar-refractivity contribution in [1.29, 1.82) is 0 Å². The molecule has 2 aliphatic rings. The first-order valence-electron chi connectivity index (χ1n) is 8.75.